The van der Waals surface area contributed by atoms with Gasteiger partial charge in [0.1, 0.15) is 0 Å². The number of amides is 2. The zero-order valence-electron chi connectivity index (χ0n) is 9.09. The largest absolute Gasteiger partial charge is 0.481 e. The molecule has 2 amide bonds. The van der Waals surface area contributed by atoms with Gasteiger partial charge in [-0.05, 0) is 6.42 Å². The summed E-state index contributed by atoms with van der Waals surface area (Å²) in [5, 5.41) is 17.3. The van der Waals surface area contributed by atoms with Crippen LogP contribution in [0.5, 0.6) is 0 Å². The first kappa shape index (κ1) is 13.1. The summed E-state index contributed by atoms with van der Waals surface area (Å²) >= 11 is 0. The smallest absolute Gasteiger partial charge is 0.308 e. The van der Waals surface area contributed by atoms with Gasteiger partial charge in [0.25, 0.3) is 0 Å². The number of carboxylic acid groups (broad SMARTS) is 2. The fourth-order valence-electron chi connectivity index (χ4n) is 1.64. The Hall–Kier alpha value is -1.92. The minimum Gasteiger partial charge on any atom is -0.481 e. The molecule has 0 aromatic carbocycles. The van der Waals surface area contributed by atoms with E-state index < -0.39 is 29.7 Å². The van der Waals surface area contributed by atoms with Crippen LogP contribution in [0.2, 0.25) is 0 Å². The Labute approximate surface area is 97.0 Å². The van der Waals surface area contributed by atoms with Gasteiger partial charge in [-0.1, -0.05) is 0 Å². The minimum atomic E-state index is -1.20. The van der Waals surface area contributed by atoms with Gasteiger partial charge in [0.2, 0.25) is 11.8 Å². The number of rotatable bonds is 6. The highest BCUT2D eigenvalue weighted by molar-refractivity contribution is 6.02. The molecule has 0 aromatic rings. The molecule has 94 valence electrons. The number of carbonyl (C=O) groups excluding carboxylic acids is 2. The standard InChI is InChI=1S/C10H13NO6/c12-7-2-3-8(13)11(7)5-6(10(16)17)1-4-9(14)15/h6H,1-5H2,(H,14,15)(H,16,17). The molecule has 0 radical (unpaired) electrons. The lowest BCUT2D eigenvalue weighted by Crippen LogP contribution is -2.37. The third kappa shape index (κ3) is 3.54. The monoisotopic (exact) mass is 243 g/mol. The number of likely N-dealkylation sites (tertiary alicyclic amines) is 1. The van der Waals surface area contributed by atoms with Crippen molar-refractivity contribution in [3.63, 3.8) is 0 Å². The first-order chi connectivity index (χ1) is 7.91. The van der Waals surface area contributed by atoms with Gasteiger partial charge in [-0.25, -0.2) is 0 Å². The quantitative estimate of drug-likeness (QED) is 0.619. The Morgan fingerprint density at radius 2 is 1.71 bits per heavy atom. The first-order valence-electron chi connectivity index (χ1n) is 5.19. The maximum atomic E-state index is 11.3. The summed E-state index contributed by atoms with van der Waals surface area (Å²) in [6.45, 7) is -0.236. The Bertz CT molecular complexity index is 348. The minimum absolute atomic E-state index is 0.0955. The highest BCUT2D eigenvalue weighted by Gasteiger charge is 2.33. The molecular weight excluding hydrogens is 230 g/mol. The highest BCUT2D eigenvalue weighted by atomic mass is 16.4. The number of imide groups is 1. The lowest BCUT2D eigenvalue weighted by molar-refractivity contribution is -0.145. The van der Waals surface area contributed by atoms with Crippen LogP contribution in [-0.4, -0.2) is 45.4 Å². The molecule has 0 spiro atoms. The van der Waals surface area contributed by atoms with Crippen molar-refractivity contribution >= 4 is 23.8 Å². The zero-order chi connectivity index (χ0) is 13.0. The Kier molecular flexibility index (Phi) is 4.19. The van der Waals surface area contributed by atoms with Crippen LogP contribution in [-0.2, 0) is 19.2 Å². The third-order valence-electron chi connectivity index (χ3n) is 2.61. The lowest BCUT2D eigenvalue weighted by atomic mass is 10.0. The number of carboxylic acids is 2. The van der Waals surface area contributed by atoms with Crippen LogP contribution in [0.15, 0.2) is 0 Å². The predicted octanol–water partition coefficient (Wildman–Crippen LogP) is -0.299. The lowest BCUT2D eigenvalue weighted by Gasteiger charge is -2.18. The van der Waals surface area contributed by atoms with E-state index in [4.69, 9.17) is 10.2 Å². The highest BCUT2D eigenvalue weighted by Crippen LogP contribution is 2.17. The normalized spacial score (nSPS) is 17.3. The van der Waals surface area contributed by atoms with Gasteiger partial charge in [-0.3, -0.25) is 24.1 Å². The predicted molar refractivity (Wildman–Crippen MR) is 53.9 cm³/mol. The second kappa shape index (κ2) is 5.42. The molecule has 7 nitrogen and oxygen atoms in total. The fraction of sp³-hybridized carbons (Fsp3) is 0.600. The molecule has 0 aliphatic carbocycles. The zero-order valence-corrected chi connectivity index (χ0v) is 9.09. The van der Waals surface area contributed by atoms with E-state index in [0.29, 0.717) is 0 Å². The second-order valence-electron chi connectivity index (χ2n) is 3.87. The number of nitrogens with zero attached hydrogens (tertiary/aromatic N) is 1. The van der Waals surface area contributed by atoms with Gasteiger partial charge < -0.3 is 10.2 Å². The van der Waals surface area contributed by atoms with Gasteiger partial charge >= 0.3 is 11.9 Å². The van der Waals surface area contributed by atoms with Crippen LogP contribution in [0.4, 0.5) is 0 Å². The van der Waals surface area contributed by atoms with Gasteiger partial charge in [0.05, 0.1) is 5.92 Å². The molecule has 0 bridgehead atoms. The maximum Gasteiger partial charge on any atom is 0.308 e. The topological polar surface area (TPSA) is 112 Å². The molecular formula is C10H13NO6. The van der Waals surface area contributed by atoms with Crippen LogP contribution in [0, 0.1) is 5.92 Å². The average molecular weight is 243 g/mol. The summed E-state index contributed by atoms with van der Waals surface area (Å²) in [7, 11) is 0. The van der Waals surface area contributed by atoms with Crippen molar-refractivity contribution < 1.29 is 29.4 Å². The number of hydrogen-bond acceptors (Lipinski definition) is 4. The van der Waals surface area contributed by atoms with E-state index in [-0.39, 0.29) is 32.2 Å². The van der Waals surface area contributed by atoms with Crippen LogP contribution in [0.25, 0.3) is 0 Å². The van der Waals surface area contributed by atoms with Crippen molar-refractivity contribution in [2.24, 2.45) is 5.92 Å². The first-order valence-corrected chi connectivity index (χ1v) is 5.19. The van der Waals surface area contributed by atoms with E-state index in [1.165, 1.54) is 0 Å². The molecule has 1 aliphatic rings. The third-order valence-corrected chi connectivity index (χ3v) is 2.61. The number of hydrogen-bond donors (Lipinski definition) is 2. The summed E-state index contributed by atoms with van der Waals surface area (Å²) in [6.07, 6.45) is -0.191. The fourth-order valence-corrected chi connectivity index (χ4v) is 1.64. The average Bonchev–Trinajstić information content (AvgIpc) is 2.53. The molecule has 0 aromatic heterocycles. The molecule has 1 unspecified atom stereocenters. The van der Waals surface area contributed by atoms with E-state index >= 15 is 0 Å². The summed E-state index contributed by atoms with van der Waals surface area (Å²) < 4.78 is 0. The Balaban J connectivity index is 2.60. The molecule has 7 heteroatoms. The van der Waals surface area contributed by atoms with Crippen molar-refractivity contribution in [3.8, 4) is 0 Å². The molecule has 1 aliphatic heterocycles. The number of aliphatic carboxylic acids is 2. The van der Waals surface area contributed by atoms with Gasteiger partial charge in [-0.2, -0.15) is 0 Å². The summed E-state index contributed by atoms with van der Waals surface area (Å²) in [5.74, 6) is -4.10. The van der Waals surface area contributed by atoms with Crippen molar-refractivity contribution in [2.75, 3.05) is 6.54 Å². The SMILES string of the molecule is O=C(O)CCC(CN1C(=O)CCC1=O)C(=O)O. The summed E-state index contributed by atoms with van der Waals surface area (Å²) in [5.41, 5.74) is 0. The molecule has 2 N–H and O–H groups in total. The van der Waals surface area contributed by atoms with Crippen LogP contribution in [0.1, 0.15) is 25.7 Å². The van der Waals surface area contributed by atoms with E-state index in [1.54, 1.807) is 0 Å². The van der Waals surface area contributed by atoms with E-state index in [1.807, 2.05) is 0 Å². The van der Waals surface area contributed by atoms with Crippen LogP contribution in [0.3, 0.4) is 0 Å². The second-order valence-corrected chi connectivity index (χ2v) is 3.87. The van der Waals surface area contributed by atoms with E-state index in [0.717, 1.165) is 4.90 Å². The summed E-state index contributed by atoms with van der Waals surface area (Å²) in [6, 6.07) is 0. The van der Waals surface area contributed by atoms with Crippen molar-refractivity contribution in [2.45, 2.75) is 25.7 Å². The molecule has 1 rings (SSSR count). The van der Waals surface area contributed by atoms with E-state index in [9.17, 15) is 19.2 Å². The Morgan fingerprint density at radius 3 is 2.12 bits per heavy atom. The molecule has 0 saturated carbocycles. The molecule has 1 heterocycles. The van der Waals surface area contributed by atoms with Gasteiger partial charge in [0, 0.05) is 25.8 Å². The maximum absolute atomic E-state index is 11.3. The number of carbonyl (C=O) groups is 4. The molecule has 1 fully saturated rings. The molecule has 17 heavy (non-hydrogen) atoms. The van der Waals surface area contributed by atoms with Gasteiger partial charge in [0.15, 0.2) is 0 Å². The molecule has 1 atom stereocenters. The van der Waals surface area contributed by atoms with Crippen LogP contribution >= 0.6 is 0 Å². The molecule has 1 saturated heterocycles. The van der Waals surface area contributed by atoms with Crippen molar-refractivity contribution in [3.05, 3.63) is 0 Å². The Morgan fingerprint density at radius 1 is 1.18 bits per heavy atom. The summed E-state index contributed by atoms with van der Waals surface area (Å²) in [4.78, 5) is 44.7. The van der Waals surface area contributed by atoms with Gasteiger partial charge in [-0.15, -0.1) is 0 Å². The van der Waals surface area contributed by atoms with Crippen molar-refractivity contribution in [1.29, 1.82) is 0 Å². The van der Waals surface area contributed by atoms with Crippen LogP contribution < -0.4 is 0 Å². The van der Waals surface area contributed by atoms with E-state index in [2.05, 4.69) is 0 Å². The van der Waals surface area contributed by atoms with Crippen molar-refractivity contribution in [1.82, 2.24) is 4.90 Å².